The van der Waals surface area contributed by atoms with Crippen LogP contribution in [-0.2, 0) is 16.1 Å². The molecule has 2 rings (SSSR count). The van der Waals surface area contributed by atoms with Crippen LogP contribution in [0.15, 0.2) is 30.3 Å². The lowest BCUT2D eigenvalue weighted by Gasteiger charge is -2.15. The molecule has 1 atom stereocenters. The summed E-state index contributed by atoms with van der Waals surface area (Å²) in [6.07, 6.45) is -0.199. The SMILES string of the molecule is Cc1ccc(NC(=O)CC(=O)N[C@@H](C)Cn2nc(C)cc2C)cc1. The highest BCUT2D eigenvalue weighted by Gasteiger charge is 2.14. The quantitative estimate of drug-likeness (QED) is 0.799. The molecule has 2 N–H and O–H groups in total. The number of hydrogen-bond donors (Lipinski definition) is 2. The summed E-state index contributed by atoms with van der Waals surface area (Å²) in [5, 5.41) is 9.92. The molecule has 0 aliphatic carbocycles. The van der Waals surface area contributed by atoms with E-state index in [1.165, 1.54) is 0 Å². The summed E-state index contributed by atoms with van der Waals surface area (Å²) in [7, 11) is 0. The van der Waals surface area contributed by atoms with E-state index in [0.717, 1.165) is 17.0 Å². The molecule has 6 heteroatoms. The first-order chi connectivity index (χ1) is 11.3. The van der Waals surface area contributed by atoms with Gasteiger partial charge in [0.15, 0.2) is 0 Å². The molecule has 1 aromatic heterocycles. The second-order valence-corrected chi connectivity index (χ2v) is 6.17. The Morgan fingerprint density at radius 2 is 1.79 bits per heavy atom. The van der Waals surface area contributed by atoms with Crippen LogP contribution in [0.4, 0.5) is 5.69 Å². The lowest BCUT2D eigenvalue weighted by atomic mass is 10.2. The maximum absolute atomic E-state index is 12.0. The summed E-state index contributed by atoms with van der Waals surface area (Å²) in [4.78, 5) is 23.9. The van der Waals surface area contributed by atoms with Gasteiger partial charge in [-0.1, -0.05) is 17.7 Å². The monoisotopic (exact) mass is 328 g/mol. The minimum absolute atomic E-state index is 0.109. The average molecular weight is 328 g/mol. The number of aryl methyl sites for hydroxylation is 3. The van der Waals surface area contributed by atoms with Crippen LogP contribution in [-0.4, -0.2) is 27.6 Å². The van der Waals surface area contributed by atoms with Crippen LogP contribution in [0.5, 0.6) is 0 Å². The summed E-state index contributed by atoms with van der Waals surface area (Å²) in [6.45, 7) is 8.35. The molecule has 2 aromatic rings. The van der Waals surface area contributed by atoms with Crippen LogP contribution in [0.1, 0.15) is 30.3 Å². The van der Waals surface area contributed by atoms with Crippen molar-refractivity contribution < 1.29 is 9.59 Å². The normalized spacial score (nSPS) is 11.8. The largest absolute Gasteiger partial charge is 0.351 e. The van der Waals surface area contributed by atoms with Gasteiger partial charge in [-0.15, -0.1) is 0 Å². The number of amides is 2. The molecule has 6 nitrogen and oxygen atoms in total. The lowest BCUT2D eigenvalue weighted by Crippen LogP contribution is -2.37. The fraction of sp³-hybridized carbons (Fsp3) is 0.389. The Balaban J connectivity index is 1.80. The summed E-state index contributed by atoms with van der Waals surface area (Å²) in [5.41, 5.74) is 3.80. The van der Waals surface area contributed by atoms with Crippen LogP contribution in [0, 0.1) is 20.8 Å². The third kappa shape index (κ3) is 5.22. The van der Waals surface area contributed by atoms with Crippen molar-refractivity contribution in [1.29, 1.82) is 0 Å². The Labute approximate surface area is 142 Å². The molecule has 0 radical (unpaired) electrons. The van der Waals surface area contributed by atoms with E-state index in [0.29, 0.717) is 12.2 Å². The van der Waals surface area contributed by atoms with Crippen molar-refractivity contribution in [3.05, 3.63) is 47.3 Å². The molecule has 0 unspecified atom stereocenters. The van der Waals surface area contributed by atoms with E-state index in [4.69, 9.17) is 0 Å². The van der Waals surface area contributed by atoms with Gasteiger partial charge in [-0.05, 0) is 45.9 Å². The number of nitrogens with one attached hydrogen (secondary N) is 2. The van der Waals surface area contributed by atoms with Gasteiger partial charge in [0, 0.05) is 17.4 Å². The molecule has 24 heavy (non-hydrogen) atoms. The summed E-state index contributed by atoms with van der Waals surface area (Å²) in [5.74, 6) is -0.622. The second-order valence-electron chi connectivity index (χ2n) is 6.17. The highest BCUT2D eigenvalue weighted by atomic mass is 16.2. The number of rotatable bonds is 6. The van der Waals surface area contributed by atoms with Crippen LogP contribution in [0.25, 0.3) is 0 Å². The molecule has 0 saturated heterocycles. The van der Waals surface area contributed by atoms with Crippen molar-refractivity contribution >= 4 is 17.5 Å². The van der Waals surface area contributed by atoms with Crippen LogP contribution in [0.3, 0.4) is 0 Å². The van der Waals surface area contributed by atoms with E-state index in [9.17, 15) is 9.59 Å². The predicted molar refractivity (Wildman–Crippen MR) is 93.7 cm³/mol. The molecule has 128 valence electrons. The number of nitrogens with zero attached hydrogens (tertiary/aromatic N) is 2. The predicted octanol–water partition coefficient (Wildman–Crippen LogP) is 2.34. The Morgan fingerprint density at radius 1 is 1.12 bits per heavy atom. The maximum Gasteiger partial charge on any atom is 0.233 e. The third-order valence-corrected chi connectivity index (χ3v) is 3.61. The minimum atomic E-state index is -0.324. The highest BCUT2D eigenvalue weighted by molar-refractivity contribution is 6.03. The molecular weight excluding hydrogens is 304 g/mol. The van der Waals surface area contributed by atoms with Gasteiger partial charge in [-0.2, -0.15) is 5.10 Å². The van der Waals surface area contributed by atoms with Crippen molar-refractivity contribution in [2.24, 2.45) is 0 Å². The Morgan fingerprint density at radius 3 is 2.38 bits per heavy atom. The summed E-state index contributed by atoms with van der Waals surface area (Å²) < 4.78 is 1.85. The van der Waals surface area contributed by atoms with E-state index in [-0.39, 0.29) is 24.3 Å². The van der Waals surface area contributed by atoms with Crippen molar-refractivity contribution in [2.75, 3.05) is 5.32 Å². The number of anilines is 1. The van der Waals surface area contributed by atoms with Crippen molar-refractivity contribution in [2.45, 2.75) is 46.7 Å². The fourth-order valence-corrected chi connectivity index (χ4v) is 2.48. The van der Waals surface area contributed by atoms with Gasteiger partial charge in [0.1, 0.15) is 6.42 Å². The van der Waals surface area contributed by atoms with Crippen molar-refractivity contribution in [3.8, 4) is 0 Å². The van der Waals surface area contributed by atoms with Gasteiger partial charge in [-0.3, -0.25) is 14.3 Å². The molecule has 0 aliphatic rings. The first kappa shape index (κ1) is 17.7. The first-order valence-electron chi connectivity index (χ1n) is 8.00. The first-order valence-corrected chi connectivity index (χ1v) is 8.00. The zero-order valence-electron chi connectivity index (χ0n) is 14.6. The number of carbonyl (C=O) groups excluding carboxylic acids is 2. The zero-order chi connectivity index (χ0) is 17.7. The number of carbonyl (C=O) groups is 2. The van der Waals surface area contributed by atoms with Crippen molar-refractivity contribution in [1.82, 2.24) is 15.1 Å². The molecule has 0 saturated carbocycles. The topological polar surface area (TPSA) is 76.0 Å². The molecule has 1 heterocycles. The molecule has 2 amide bonds. The van der Waals surface area contributed by atoms with Crippen LogP contribution in [0.2, 0.25) is 0 Å². The second kappa shape index (κ2) is 7.77. The van der Waals surface area contributed by atoms with Gasteiger partial charge in [0.2, 0.25) is 11.8 Å². The van der Waals surface area contributed by atoms with Crippen LogP contribution < -0.4 is 10.6 Å². The van der Waals surface area contributed by atoms with Gasteiger partial charge in [0.05, 0.1) is 12.2 Å². The Hall–Kier alpha value is -2.63. The third-order valence-electron chi connectivity index (χ3n) is 3.61. The maximum atomic E-state index is 12.0. The highest BCUT2D eigenvalue weighted by Crippen LogP contribution is 2.09. The van der Waals surface area contributed by atoms with Gasteiger partial charge < -0.3 is 10.6 Å². The molecular formula is C18H24N4O2. The number of benzene rings is 1. The average Bonchev–Trinajstić information content (AvgIpc) is 2.78. The standard InChI is InChI=1S/C18H24N4O2/c1-12-5-7-16(8-6-12)20-18(24)10-17(23)19-14(3)11-22-15(4)9-13(2)21-22/h5-9,14H,10-11H2,1-4H3,(H,19,23)(H,20,24)/t14-/m0/s1. The number of aromatic nitrogens is 2. The zero-order valence-corrected chi connectivity index (χ0v) is 14.6. The van der Waals surface area contributed by atoms with E-state index in [1.807, 2.05) is 62.7 Å². The molecule has 0 spiro atoms. The smallest absolute Gasteiger partial charge is 0.233 e. The van der Waals surface area contributed by atoms with E-state index in [2.05, 4.69) is 15.7 Å². The van der Waals surface area contributed by atoms with E-state index in [1.54, 1.807) is 0 Å². The van der Waals surface area contributed by atoms with Crippen molar-refractivity contribution in [3.63, 3.8) is 0 Å². The van der Waals surface area contributed by atoms with E-state index < -0.39 is 0 Å². The summed E-state index contributed by atoms with van der Waals surface area (Å²) in [6, 6.07) is 9.33. The summed E-state index contributed by atoms with van der Waals surface area (Å²) >= 11 is 0. The van der Waals surface area contributed by atoms with Gasteiger partial charge in [0.25, 0.3) is 0 Å². The number of hydrogen-bond acceptors (Lipinski definition) is 3. The molecule has 0 fully saturated rings. The molecule has 1 aromatic carbocycles. The minimum Gasteiger partial charge on any atom is -0.351 e. The molecule has 0 bridgehead atoms. The Kier molecular flexibility index (Phi) is 5.73. The van der Waals surface area contributed by atoms with Crippen LogP contribution >= 0.6 is 0 Å². The Bertz CT molecular complexity index is 719. The lowest BCUT2D eigenvalue weighted by molar-refractivity contribution is -0.127. The fourth-order valence-electron chi connectivity index (χ4n) is 2.48. The van der Waals surface area contributed by atoms with E-state index >= 15 is 0 Å². The van der Waals surface area contributed by atoms with Gasteiger partial charge >= 0.3 is 0 Å². The molecule has 0 aliphatic heterocycles. The van der Waals surface area contributed by atoms with Gasteiger partial charge in [-0.25, -0.2) is 0 Å².